The lowest BCUT2D eigenvalue weighted by molar-refractivity contribution is 0.970. The predicted molar refractivity (Wildman–Crippen MR) is 92.8 cm³/mol. The molecule has 2 rings (SSSR count). The first-order chi connectivity index (χ1) is 10.0. The number of benzene rings is 1. The molecule has 0 radical (unpaired) electrons. The number of aromatic nitrogens is 1. The van der Waals surface area contributed by atoms with Crippen LogP contribution in [-0.2, 0) is 0 Å². The third-order valence-electron chi connectivity index (χ3n) is 3.13. The van der Waals surface area contributed by atoms with Crippen LogP contribution in [0.3, 0.4) is 0 Å². The first-order valence-electron chi connectivity index (χ1n) is 6.90. The maximum atomic E-state index is 6.29. The molecule has 112 valence electrons. The van der Waals surface area contributed by atoms with Crippen molar-refractivity contribution in [1.29, 1.82) is 0 Å². The number of hydrogen-bond donors (Lipinski definition) is 1. The molecule has 0 saturated carbocycles. The van der Waals surface area contributed by atoms with Crippen molar-refractivity contribution < 1.29 is 0 Å². The quantitative estimate of drug-likeness (QED) is 0.844. The van der Waals surface area contributed by atoms with Crippen molar-refractivity contribution in [2.45, 2.75) is 13.3 Å². The van der Waals surface area contributed by atoms with E-state index in [2.05, 4.69) is 22.1 Å². The molecule has 1 N–H and O–H groups in total. The molecule has 0 spiro atoms. The second kappa shape index (κ2) is 7.01. The van der Waals surface area contributed by atoms with Gasteiger partial charge in [0.25, 0.3) is 0 Å². The lowest BCUT2D eigenvalue weighted by atomic mass is 10.1. The number of rotatable bonds is 5. The zero-order valence-electron chi connectivity index (χ0n) is 12.5. The summed E-state index contributed by atoms with van der Waals surface area (Å²) < 4.78 is 0. The molecule has 5 heteroatoms. The van der Waals surface area contributed by atoms with Crippen LogP contribution >= 0.6 is 23.2 Å². The van der Waals surface area contributed by atoms with Crippen LogP contribution < -0.4 is 10.2 Å². The summed E-state index contributed by atoms with van der Waals surface area (Å²) in [5, 5.41) is 4.32. The molecule has 0 saturated heterocycles. The van der Waals surface area contributed by atoms with Gasteiger partial charge in [-0.15, -0.1) is 0 Å². The zero-order valence-corrected chi connectivity index (χ0v) is 14.0. The van der Waals surface area contributed by atoms with Crippen LogP contribution in [0.1, 0.15) is 13.3 Å². The zero-order chi connectivity index (χ0) is 15.4. The topological polar surface area (TPSA) is 28.2 Å². The molecule has 1 aromatic heterocycles. The van der Waals surface area contributed by atoms with Crippen LogP contribution in [0, 0.1) is 0 Å². The molecule has 0 atom stereocenters. The molecule has 0 amide bonds. The van der Waals surface area contributed by atoms with E-state index in [4.69, 9.17) is 23.2 Å². The van der Waals surface area contributed by atoms with E-state index in [0.717, 1.165) is 29.9 Å². The van der Waals surface area contributed by atoms with E-state index < -0.39 is 0 Å². The van der Waals surface area contributed by atoms with Gasteiger partial charge in [0.05, 0.1) is 15.7 Å². The van der Waals surface area contributed by atoms with E-state index >= 15 is 0 Å². The largest absolute Gasteiger partial charge is 0.378 e. The molecule has 0 bridgehead atoms. The van der Waals surface area contributed by atoms with Gasteiger partial charge in [0.1, 0.15) is 5.82 Å². The van der Waals surface area contributed by atoms with E-state index in [1.165, 1.54) is 0 Å². The fourth-order valence-corrected chi connectivity index (χ4v) is 2.49. The normalized spacial score (nSPS) is 10.5. The van der Waals surface area contributed by atoms with E-state index in [1.807, 2.05) is 38.4 Å². The molecule has 2 aromatic rings. The summed E-state index contributed by atoms with van der Waals surface area (Å²) in [5.74, 6) is 0.676. The number of nitrogens with zero attached hydrogens (tertiary/aromatic N) is 2. The number of nitrogens with one attached hydrogen (secondary N) is 1. The number of halogens is 2. The Bertz CT molecular complexity index is 610. The molecule has 0 aliphatic rings. The van der Waals surface area contributed by atoms with E-state index in [-0.39, 0.29) is 0 Å². The first-order valence-corrected chi connectivity index (χ1v) is 7.66. The Balaban J connectivity index is 2.38. The predicted octanol–water partition coefficient (Wildman–Crippen LogP) is 4.94. The molecular weight excluding hydrogens is 305 g/mol. The average molecular weight is 324 g/mol. The third kappa shape index (κ3) is 3.80. The maximum Gasteiger partial charge on any atom is 0.145 e. The fourth-order valence-electron chi connectivity index (χ4n) is 1.95. The Hall–Kier alpha value is -1.45. The monoisotopic (exact) mass is 323 g/mol. The Morgan fingerprint density at radius 3 is 2.33 bits per heavy atom. The SMILES string of the molecule is CCCNc1nc(-c2ccc(N(C)C)cc2)c(Cl)cc1Cl. The fraction of sp³-hybridized carbons (Fsp3) is 0.312. The van der Waals surface area contributed by atoms with Gasteiger partial charge in [0, 0.05) is 31.9 Å². The molecule has 3 nitrogen and oxygen atoms in total. The number of pyridine rings is 1. The maximum absolute atomic E-state index is 6.29. The molecule has 21 heavy (non-hydrogen) atoms. The summed E-state index contributed by atoms with van der Waals surface area (Å²) in [7, 11) is 4.02. The second-order valence-corrected chi connectivity index (χ2v) is 5.83. The first kappa shape index (κ1) is 15.9. The minimum absolute atomic E-state index is 0.544. The van der Waals surface area contributed by atoms with Crippen LogP contribution in [-0.4, -0.2) is 25.6 Å². The summed E-state index contributed by atoms with van der Waals surface area (Å²) in [6.07, 6.45) is 1.01. The Labute approximate surface area is 135 Å². The molecule has 1 aromatic carbocycles. The lowest BCUT2D eigenvalue weighted by Gasteiger charge is -2.14. The van der Waals surface area contributed by atoms with Crippen LogP contribution in [0.25, 0.3) is 11.3 Å². The van der Waals surface area contributed by atoms with Gasteiger partial charge in [0.2, 0.25) is 0 Å². The van der Waals surface area contributed by atoms with Gasteiger partial charge >= 0.3 is 0 Å². The summed E-state index contributed by atoms with van der Waals surface area (Å²) in [6.45, 7) is 2.92. The molecule has 0 aliphatic carbocycles. The second-order valence-electron chi connectivity index (χ2n) is 5.02. The van der Waals surface area contributed by atoms with Crippen molar-refractivity contribution in [3.63, 3.8) is 0 Å². The molecule has 1 heterocycles. The van der Waals surface area contributed by atoms with E-state index in [0.29, 0.717) is 15.9 Å². The standard InChI is InChI=1S/C16H19Cl2N3/c1-4-9-19-16-14(18)10-13(17)15(20-16)11-5-7-12(8-6-11)21(2)3/h5-8,10H,4,9H2,1-3H3,(H,19,20). The highest BCUT2D eigenvalue weighted by Crippen LogP contribution is 2.33. The minimum Gasteiger partial charge on any atom is -0.378 e. The molecular formula is C16H19Cl2N3. The van der Waals surface area contributed by atoms with Gasteiger partial charge in [-0.25, -0.2) is 4.98 Å². The highest BCUT2D eigenvalue weighted by atomic mass is 35.5. The minimum atomic E-state index is 0.544. The van der Waals surface area contributed by atoms with Crippen molar-refractivity contribution in [2.75, 3.05) is 30.9 Å². The van der Waals surface area contributed by atoms with Crippen LogP contribution in [0.2, 0.25) is 10.0 Å². The van der Waals surface area contributed by atoms with Crippen molar-refractivity contribution in [2.24, 2.45) is 0 Å². The Kier molecular flexibility index (Phi) is 5.32. The smallest absolute Gasteiger partial charge is 0.145 e. The van der Waals surface area contributed by atoms with Crippen molar-refractivity contribution in [1.82, 2.24) is 4.98 Å². The van der Waals surface area contributed by atoms with Crippen LogP contribution in [0.5, 0.6) is 0 Å². The summed E-state index contributed by atoms with van der Waals surface area (Å²) >= 11 is 12.5. The third-order valence-corrected chi connectivity index (χ3v) is 3.71. The van der Waals surface area contributed by atoms with Gasteiger partial charge in [-0.2, -0.15) is 0 Å². The highest BCUT2D eigenvalue weighted by Gasteiger charge is 2.11. The van der Waals surface area contributed by atoms with Gasteiger partial charge < -0.3 is 10.2 Å². The lowest BCUT2D eigenvalue weighted by Crippen LogP contribution is -2.08. The van der Waals surface area contributed by atoms with Gasteiger partial charge in [0.15, 0.2) is 0 Å². The van der Waals surface area contributed by atoms with Crippen LogP contribution in [0.15, 0.2) is 30.3 Å². The van der Waals surface area contributed by atoms with Gasteiger partial charge in [-0.3, -0.25) is 0 Å². The van der Waals surface area contributed by atoms with E-state index in [1.54, 1.807) is 6.07 Å². The van der Waals surface area contributed by atoms with Crippen molar-refractivity contribution in [3.8, 4) is 11.3 Å². The molecule has 0 fully saturated rings. The average Bonchev–Trinajstić information content (AvgIpc) is 2.46. The number of anilines is 2. The van der Waals surface area contributed by atoms with Crippen molar-refractivity contribution >= 4 is 34.7 Å². The van der Waals surface area contributed by atoms with Gasteiger partial charge in [-0.1, -0.05) is 42.3 Å². The summed E-state index contributed by atoms with van der Waals surface area (Å²) in [4.78, 5) is 6.62. The number of hydrogen-bond acceptors (Lipinski definition) is 3. The molecule has 0 aliphatic heterocycles. The Morgan fingerprint density at radius 1 is 1.10 bits per heavy atom. The Morgan fingerprint density at radius 2 is 1.76 bits per heavy atom. The summed E-state index contributed by atoms with van der Waals surface area (Å²) in [5.41, 5.74) is 2.85. The van der Waals surface area contributed by atoms with Crippen molar-refractivity contribution in [3.05, 3.63) is 40.4 Å². The summed E-state index contributed by atoms with van der Waals surface area (Å²) in [6, 6.07) is 9.85. The van der Waals surface area contributed by atoms with Gasteiger partial charge in [-0.05, 0) is 24.6 Å². The highest BCUT2D eigenvalue weighted by molar-refractivity contribution is 6.37. The molecule has 0 unspecified atom stereocenters. The van der Waals surface area contributed by atoms with E-state index in [9.17, 15) is 0 Å². The van der Waals surface area contributed by atoms with Crippen LogP contribution in [0.4, 0.5) is 11.5 Å².